The number of para-hydroxylation sites is 1. The van der Waals surface area contributed by atoms with Crippen LogP contribution in [0.1, 0.15) is 10.5 Å². The molecule has 21 heavy (non-hydrogen) atoms. The van der Waals surface area contributed by atoms with Crippen LogP contribution in [0.5, 0.6) is 0 Å². The van der Waals surface area contributed by atoms with Crippen LogP contribution in [0.2, 0.25) is 5.02 Å². The van der Waals surface area contributed by atoms with Gasteiger partial charge in [0.1, 0.15) is 5.69 Å². The van der Waals surface area contributed by atoms with Gasteiger partial charge < -0.3 is 9.88 Å². The second kappa shape index (κ2) is 5.54. The first-order valence-corrected chi connectivity index (χ1v) is 7.55. The Morgan fingerprint density at radius 1 is 1.14 bits per heavy atom. The molecule has 1 heterocycles. The van der Waals surface area contributed by atoms with Gasteiger partial charge in [-0.2, -0.15) is 0 Å². The predicted octanol–water partition coefficient (Wildman–Crippen LogP) is 4.85. The standard InChI is InChI=1S/C16H12BrClN2O/c1-20-13-5-3-2-4-12(13)14(17)15(20)16(21)19-11-8-6-10(18)7-9-11/h2-9H,1H3,(H,19,21). The van der Waals surface area contributed by atoms with Gasteiger partial charge in [-0.05, 0) is 46.3 Å². The van der Waals surface area contributed by atoms with Crippen molar-refractivity contribution < 1.29 is 4.79 Å². The molecule has 0 aliphatic heterocycles. The summed E-state index contributed by atoms with van der Waals surface area (Å²) in [6.45, 7) is 0. The Kier molecular flexibility index (Phi) is 3.74. The Hall–Kier alpha value is -1.78. The predicted molar refractivity (Wildman–Crippen MR) is 90.0 cm³/mol. The van der Waals surface area contributed by atoms with Crippen LogP contribution in [-0.4, -0.2) is 10.5 Å². The van der Waals surface area contributed by atoms with Gasteiger partial charge in [-0.25, -0.2) is 0 Å². The van der Waals surface area contributed by atoms with Gasteiger partial charge in [-0.3, -0.25) is 4.79 Å². The average molecular weight is 364 g/mol. The highest BCUT2D eigenvalue weighted by Gasteiger charge is 2.19. The number of anilines is 1. The van der Waals surface area contributed by atoms with Crippen LogP contribution in [0.25, 0.3) is 10.9 Å². The lowest BCUT2D eigenvalue weighted by molar-refractivity contribution is 0.101. The molecule has 106 valence electrons. The second-order valence-electron chi connectivity index (χ2n) is 4.70. The van der Waals surface area contributed by atoms with Crippen LogP contribution >= 0.6 is 27.5 Å². The maximum Gasteiger partial charge on any atom is 0.273 e. The summed E-state index contributed by atoms with van der Waals surface area (Å²) in [5.74, 6) is -0.164. The Morgan fingerprint density at radius 3 is 2.48 bits per heavy atom. The number of amides is 1. The molecule has 0 spiro atoms. The molecule has 0 aliphatic rings. The average Bonchev–Trinajstić information content (AvgIpc) is 2.74. The van der Waals surface area contributed by atoms with Gasteiger partial charge in [0.15, 0.2) is 0 Å². The van der Waals surface area contributed by atoms with Gasteiger partial charge in [-0.1, -0.05) is 29.8 Å². The van der Waals surface area contributed by atoms with E-state index >= 15 is 0 Å². The zero-order valence-corrected chi connectivity index (χ0v) is 13.6. The van der Waals surface area contributed by atoms with E-state index in [4.69, 9.17) is 11.6 Å². The highest BCUT2D eigenvalue weighted by Crippen LogP contribution is 2.30. The summed E-state index contributed by atoms with van der Waals surface area (Å²) in [5.41, 5.74) is 2.30. The molecule has 1 N–H and O–H groups in total. The zero-order valence-electron chi connectivity index (χ0n) is 11.2. The molecule has 0 bridgehead atoms. The molecule has 0 atom stereocenters. The Morgan fingerprint density at radius 2 is 1.81 bits per heavy atom. The van der Waals surface area contributed by atoms with Crippen molar-refractivity contribution >= 4 is 50.0 Å². The van der Waals surface area contributed by atoms with Crippen molar-refractivity contribution in [2.75, 3.05) is 5.32 Å². The van der Waals surface area contributed by atoms with E-state index in [1.54, 1.807) is 24.3 Å². The molecule has 2 aromatic carbocycles. The molecule has 1 aromatic heterocycles. The van der Waals surface area contributed by atoms with E-state index in [0.29, 0.717) is 16.4 Å². The molecule has 3 aromatic rings. The van der Waals surface area contributed by atoms with Crippen molar-refractivity contribution in [3.05, 3.63) is 63.7 Å². The minimum absolute atomic E-state index is 0.164. The summed E-state index contributed by atoms with van der Waals surface area (Å²) < 4.78 is 2.68. The Bertz CT molecular complexity index is 785. The van der Waals surface area contributed by atoms with Crippen molar-refractivity contribution in [2.45, 2.75) is 0 Å². The van der Waals surface area contributed by atoms with Crippen molar-refractivity contribution in [3.63, 3.8) is 0 Å². The van der Waals surface area contributed by atoms with Gasteiger partial charge in [0.25, 0.3) is 5.91 Å². The minimum Gasteiger partial charge on any atom is -0.339 e. The summed E-state index contributed by atoms with van der Waals surface area (Å²) >= 11 is 9.37. The van der Waals surface area contributed by atoms with Crippen LogP contribution in [0, 0.1) is 0 Å². The first kappa shape index (κ1) is 14.2. The number of hydrogen-bond donors (Lipinski definition) is 1. The third-order valence-electron chi connectivity index (χ3n) is 3.36. The molecule has 5 heteroatoms. The summed E-state index contributed by atoms with van der Waals surface area (Å²) in [6.07, 6.45) is 0. The minimum atomic E-state index is -0.164. The number of aryl methyl sites for hydroxylation is 1. The van der Waals surface area contributed by atoms with Crippen LogP contribution in [-0.2, 0) is 7.05 Å². The van der Waals surface area contributed by atoms with Crippen LogP contribution in [0.15, 0.2) is 53.0 Å². The lowest BCUT2D eigenvalue weighted by atomic mass is 10.2. The van der Waals surface area contributed by atoms with E-state index in [2.05, 4.69) is 21.2 Å². The largest absolute Gasteiger partial charge is 0.339 e. The monoisotopic (exact) mass is 362 g/mol. The Balaban J connectivity index is 2.00. The summed E-state index contributed by atoms with van der Waals surface area (Å²) in [7, 11) is 1.88. The van der Waals surface area contributed by atoms with E-state index in [9.17, 15) is 4.79 Å². The lowest BCUT2D eigenvalue weighted by Gasteiger charge is -2.07. The maximum atomic E-state index is 12.5. The smallest absolute Gasteiger partial charge is 0.273 e. The maximum absolute atomic E-state index is 12.5. The second-order valence-corrected chi connectivity index (χ2v) is 5.93. The molecule has 3 nitrogen and oxygen atoms in total. The van der Waals surface area contributed by atoms with Crippen molar-refractivity contribution in [3.8, 4) is 0 Å². The van der Waals surface area contributed by atoms with Crippen LogP contribution < -0.4 is 5.32 Å². The van der Waals surface area contributed by atoms with E-state index in [1.807, 2.05) is 35.9 Å². The highest BCUT2D eigenvalue weighted by atomic mass is 79.9. The molecular weight excluding hydrogens is 352 g/mol. The fourth-order valence-electron chi connectivity index (χ4n) is 2.32. The summed E-state index contributed by atoms with van der Waals surface area (Å²) in [5, 5.41) is 4.53. The van der Waals surface area contributed by atoms with E-state index in [0.717, 1.165) is 15.4 Å². The van der Waals surface area contributed by atoms with E-state index in [-0.39, 0.29) is 5.91 Å². The number of aromatic nitrogens is 1. The quantitative estimate of drug-likeness (QED) is 0.694. The number of rotatable bonds is 2. The van der Waals surface area contributed by atoms with Gasteiger partial charge in [0, 0.05) is 28.7 Å². The molecule has 0 saturated heterocycles. The van der Waals surface area contributed by atoms with Crippen molar-refractivity contribution in [1.29, 1.82) is 0 Å². The van der Waals surface area contributed by atoms with Crippen LogP contribution in [0.3, 0.4) is 0 Å². The summed E-state index contributed by atoms with van der Waals surface area (Å²) in [6, 6.07) is 14.9. The fraction of sp³-hybridized carbons (Fsp3) is 0.0625. The number of benzene rings is 2. The van der Waals surface area contributed by atoms with Gasteiger partial charge in [0.2, 0.25) is 0 Å². The molecule has 3 rings (SSSR count). The van der Waals surface area contributed by atoms with Crippen molar-refractivity contribution in [2.24, 2.45) is 7.05 Å². The summed E-state index contributed by atoms with van der Waals surface area (Å²) in [4.78, 5) is 12.5. The fourth-order valence-corrected chi connectivity index (χ4v) is 3.23. The lowest BCUT2D eigenvalue weighted by Crippen LogP contribution is -2.16. The molecular formula is C16H12BrClN2O. The van der Waals surface area contributed by atoms with Gasteiger partial charge in [-0.15, -0.1) is 0 Å². The molecule has 0 radical (unpaired) electrons. The van der Waals surface area contributed by atoms with E-state index in [1.165, 1.54) is 0 Å². The highest BCUT2D eigenvalue weighted by molar-refractivity contribution is 9.10. The van der Waals surface area contributed by atoms with Gasteiger partial charge in [0.05, 0.1) is 4.47 Å². The first-order valence-electron chi connectivity index (χ1n) is 6.38. The molecule has 1 amide bonds. The number of hydrogen-bond acceptors (Lipinski definition) is 1. The first-order chi connectivity index (χ1) is 10.1. The SMILES string of the molecule is Cn1c(C(=O)Nc2ccc(Cl)cc2)c(Br)c2ccccc21. The number of nitrogens with zero attached hydrogens (tertiary/aromatic N) is 1. The van der Waals surface area contributed by atoms with Crippen molar-refractivity contribution in [1.82, 2.24) is 4.57 Å². The molecule has 0 saturated carbocycles. The van der Waals surface area contributed by atoms with Crippen LogP contribution in [0.4, 0.5) is 5.69 Å². The normalized spacial score (nSPS) is 10.8. The number of carbonyl (C=O) groups excluding carboxylic acids is 1. The molecule has 0 fully saturated rings. The molecule has 0 unspecified atom stereocenters. The van der Waals surface area contributed by atoms with E-state index < -0.39 is 0 Å². The Labute approximate surface area is 135 Å². The third-order valence-corrected chi connectivity index (χ3v) is 4.42. The number of halogens is 2. The topological polar surface area (TPSA) is 34.0 Å². The number of fused-ring (bicyclic) bond motifs is 1. The molecule has 0 aliphatic carbocycles. The third kappa shape index (κ3) is 2.57. The number of nitrogens with one attached hydrogen (secondary N) is 1. The van der Waals surface area contributed by atoms with Gasteiger partial charge >= 0.3 is 0 Å². The zero-order chi connectivity index (χ0) is 15.0. The number of carbonyl (C=O) groups is 1.